The standard InChI is InChI=1S/C22H35N5/c1-5-13-26(14-6-2)21-11-9-19(10-12-21)25-20-17-23-22(24-18-20)27(15-7-3)16-8-4/h9-12,17-18,25H,5-8,13-16H2,1-4H3. The molecule has 0 aliphatic heterocycles. The second-order valence-corrected chi connectivity index (χ2v) is 6.92. The number of nitrogens with one attached hydrogen (secondary N) is 1. The zero-order chi connectivity index (χ0) is 19.5. The predicted octanol–water partition coefficient (Wildman–Crippen LogP) is 5.47. The molecule has 2 rings (SSSR count). The van der Waals surface area contributed by atoms with Gasteiger partial charge in [0, 0.05) is 37.6 Å². The van der Waals surface area contributed by atoms with Crippen LogP contribution in [0.4, 0.5) is 23.0 Å². The third kappa shape index (κ3) is 6.42. The summed E-state index contributed by atoms with van der Waals surface area (Å²) >= 11 is 0. The van der Waals surface area contributed by atoms with Crippen LogP contribution in [-0.4, -0.2) is 36.1 Å². The summed E-state index contributed by atoms with van der Waals surface area (Å²) in [6, 6.07) is 8.63. The van der Waals surface area contributed by atoms with E-state index in [-0.39, 0.29) is 0 Å². The van der Waals surface area contributed by atoms with Gasteiger partial charge in [-0.25, -0.2) is 9.97 Å². The van der Waals surface area contributed by atoms with Gasteiger partial charge < -0.3 is 15.1 Å². The highest BCUT2D eigenvalue weighted by Crippen LogP contribution is 2.22. The lowest BCUT2D eigenvalue weighted by Gasteiger charge is -2.24. The zero-order valence-corrected chi connectivity index (χ0v) is 17.4. The van der Waals surface area contributed by atoms with Gasteiger partial charge in [-0.3, -0.25) is 0 Å². The van der Waals surface area contributed by atoms with Gasteiger partial charge in [0.05, 0.1) is 18.1 Å². The number of aromatic nitrogens is 2. The Bertz CT molecular complexity index is 569. The van der Waals surface area contributed by atoms with Crippen LogP contribution in [-0.2, 0) is 0 Å². The zero-order valence-electron chi connectivity index (χ0n) is 17.4. The molecule has 0 unspecified atom stereocenters. The highest BCUT2D eigenvalue weighted by molar-refractivity contribution is 5.62. The van der Waals surface area contributed by atoms with Gasteiger partial charge in [-0.2, -0.15) is 0 Å². The molecule has 27 heavy (non-hydrogen) atoms. The fourth-order valence-corrected chi connectivity index (χ4v) is 3.23. The van der Waals surface area contributed by atoms with Crippen LogP contribution < -0.4 is 15.1 Å². The van der Waals surface area contributed by atoms with Crippen LogP contribution in [0.25, 0.3) is 0 Å². The number of hydrogen-bond donors (Lipinski definition) is 1. The number of hydrogen-bond acceptors (Lipinski definition) is 5. The summed E-state index contributed by atoms with van der Waals surface area (Å²) in [5.41, 5.74) is 3.26. The lowest BCUT2D eigenvalue weighted by molar-refractivity contribution is 0.721. The quantitative estimate of drug-likeness (QED) is 0.537. The Morgan fingerprint density at radius 3 is 1.63 bits per heavy atom. The maximum Gasteiger partial charge on any atom is 0.225 e. The summed E-state index contributed by atoms with van der Waals surface area (Å²) in [5.74, 6) is 0.814. The minimum absolute atomic E-state index is 0.814. The van der Waals surface area contributed by atoms with Gasteiger partial charge in [0.25, 0.3) is 0 Å². The van der Waals surface area contributed by atoms with Crippen molar-refractivity contribution in [3.63, 3.8) is 0 Å². The first-order valence-electron chi connectivity index (χ1n) is 10.4. The van der Waals surface area contributed by atoms with E-state index in [0.29, 0.717) is 0 Å². The molecule has 1 aromatic heterocycles. The molecular weight excluding hydrogens is 334 g/mol. The first-order valence-corrected chi connectivity index (χ1v) is 10.4. The second-order valence-electron chi connectivity index (χ2n) is 6.92. The SMILES string of the molecule is CCCN(CCC)c1ccc(Nc2cnc(N(CCC)CCC)nc2)cc1. The molecule has 5 heteroatoms. The van der Waals surface area contributed by atoms with Crippen molar-refractivity contribution in [3.05, 3.63) is 36.7 Å². The first-order chi connectivity index (χ1) is 13.2. The molecule has 0 amide bonds. The Kier molecular flexibility index (Phi) is 8.89. The van der Waals surface area contributed by atoms with Crippen LogP contribution in [0.3, 0.4) is 0 Å². The maximum atomic E-state index is 4.55. The summed E-state index contributed by atoms with van der Waals surface area (Å²) in [7, 11) is 0. The largest absolute Gasteiger partial charge is 0.372 e. The van der Waals surface area contributed by atoms with Gasteiger partial charge in [-0.05, 0) is 49.9 Å². The van der Waals surface area contributed by atoms with Crippen molar-refractivity contribution in [1.29, 1.82) is 0 Å². The van der Waals surface area contributed by atoms with Crippen LogP contribution in [0.5, 0.6) is 0 Å². The van der Waals surface area contributed by atoms with Gasteiger partial charge >= 0.3 is 0 Å². The molecule has 0 bridgehead atoms. The molecule has 1 N–H and O–H groups in total. The molecule has 0 aliphatic rings. The number of benzene rings is 1. The van der Waals surface area contributed by atoms with Crippen molar-refractivity contribution in [3.8, 4) is 0 Å². The van der Waals surface area contributed by atoms with Crippen LogP contribution in [0, 0.1) is 0 Å². The number of nitrogens with zero attached hydrogens (tertiary/aromatic N) is 4. The van der Waals surface area contributed by atoms with Crippen molar-refractivity contribution >= 4 is 23.0 Å². The Morgan fingerprint density at radius 2 is 1.15 bits per heavy atom. The average Bonchev–Trinajstić information content (AvgIpc) is 2.69. The Morgan fingerprint density at radius 1 is 0.667 bits per heavy atom. The third-order valence-corrected chi connectivity index (χ3v) is 4.42. The van der Waals surface area contributed by atoms with Crippen LogP contribution >= 0.6 is 0 Å². The van der Waals surface area contributed by atoms with E-state index in [9.17, 15) is 0 Å². The molecule has 0 aliphatic carbocycles. The van der Waals surface area contributed by atoms with E-state index >= 15 is 0 Å². The lowest BCUT2D eigenvalue weighted by Crippen LogP contribution is -2.26. The van der Waals surface area contributed by atoms with Gasteiger partial charge in [0.2, 0.25) is 5.95 Å². The lowest BCUT2D eigenvalue weighted by atomic mass is 10.2. The summed E-state index contributed by atoms with van der Waals surface area (Å²) in [4.78, 5) is 13.8. The molecule has 1 aromatic carbocycles. The summed E-state index contributed by atoms with van der Waals surface area (Å²) < 4.78 is 0. The molecule has 0 radical (unpaired) electrons. The molecule has 0 fully saturated rings. The predicted molar refractivity (Wildman–Crippen MR) is 117 cm³/mol. The molecule has 2 aromatic rings. The molecule has 1 heterocycles. The highest BCUT2D eigenvalue weighted by atomic mass is 15.2. The smallest absolute Gasteiger partial charge is 0.225 e. The molecule has 5 nitrogen and oxygen atoms in total. The van der Waals surface area contributed by atoms with Crippen molar-refractivity contribution in [1.82, 2.24) is 9.97 Å². The highest BCUT2D eigenvalue weighted by Gasteiger charge is 2.08. The fraction of sp³-hybridized carbons (Fsp3) is 0.545. The van der Waals surface area contributed by atoms with E-state index in [1.54, 1.807) is 0 Å². The molecular formula is C22H35N5. The summed E-state index contributed by atoms with van der Waals surface area (Å²) in [6.45, 7) is 13.0. The van der Waals surface area contributed by atoms with E-state index in [1.807, 2.05) is 12.4 Å². The van der Waals surface area contributed by atoms with Gasteiger partial charge in [0.1, 0.15) is 0 Å². The van der Waals surface area contributed by atoms with E-state index in [4.69, 9.17) is 0 Å². The number of rotatable bonds is 12. The Balaban J connectivity index is 2.02. The van der Waals surface area contributed by atoms with Gasteiger partial charge in [-0.1, -0.05) is 27.7 Å². The van der Waals surface area contributed by atoms with Gasteiger partial charge in [-0.15, -0.1) is 0 Å². The number of anilines is 4. The fourth-order valence-electron chi connectivity index (χ4n) is 3.23. The van der Waals surface area contributed by atoms with Crippen molar-refractivity contribution in [2.75, 3.05) is 41.3 Å². The molecule has 0 atom stereocenters. The minimum atomic E-state index is 0.814. The van der Waals surface area contributed by atoms with Crippen LogP contribution in [0.2, 0.25) is 0 Å². The minimum Gasteiger partial charge on any atom is -0.372 e. The monoisotopic (exact) mass is 369 g/mol. The van der Waals surface area contributed by atoms with Crippen LogP contribution in [0.15, 0.2) is 36.7 Å². The topological polar surface area (TPSA) is 44.3 Å². The normalized spacial score (nSPS) is 10.7. The molecule has 0 spiro atoms. The Labute approximate surface area is 164 Å². The second kappa shape index (κ2) is 11.4. The van der Waals surface area contributed by atoms with Crippen LogP contribution in [0.1, 0.15) is 53.4 Å². The van der Waals surface area contributed by atoms with E-state index in [2.05, 4.69) is 77.0 Å². The first kappa shape index (κ1) is 21.0. The molecule has 148 valence electrons. The molecule has 0 saturated heterocycles. The summed E-state index contributed by atoms with van der Waals surface area (Å²) in [6.07, 6.45) is 8.27. The molecule has 0 saturated carbocycles. The maximum absolute atomic E-state index is 4.55. The van der Waals surface area contributed by atoms with E-state index in [1.165, 1.54) is 5.69 Å². The van der Waals surface area contributed by atoms with Crippen molar-refractivity contribution in [2.45, 2.75) is 53.4 Å². The van der Waals surface area contributed by atoms with Crippen molar-refractivity contribution < 1.29 is 0 Å². The van der Waals surface area contributed by atoms with Gasteiger partial charge in [0.15, 0.2) is 0 Å². The van der Waals surface area contributed by atoms with E-state index < -0.39 is 0 Å². The van der Waals surface area contributed by atoms with E-state index in [0.717, 1.165) is 69.2 Å². The Hall–Kier alpha value is -2.30. The average molecular weight is 370 g/mol. The van der Waals surface area contributed by atoms with Crippen molar-refractivity contribution in [2.24, 2.45) is 0 Å². The summed E-state index contributed by atoms with van der Waals surface area (Å²) in [5, 5.41) is 3.40. The third-order valence-electron chi connectivity index (χ3n) is 4.42.